The third-order valence-corrected chi connectivity index (χ3v) is 3.66. The Hall–Kier alpha value is -1.71. The fourth-order valence-electron chi connectivity index (χ4n) is 2.29. The third kappa shape index (κ3) is 2.74. The Morgan fingerprint density at radius 3 is 2.75 bits per heavy atom. The zero-order valence-electron chi connectivity index (χ0n) is 10.9. The van der Waals surface area contributed by atoms with E-state index in [1.165, 1.54) is 5.56 Å². The number of aryl methyl sites for hydroxylation is 1. The van der Waals surface area contributed by atoms with Gasteiger partial charge in [-0.3, -0.25) is 0 Å². The van der Waals surface area contributed by atoms with E-state index < -0.39 is 6.10 Å². The Morgan fingerprint density at radius 1 is 1.15 bits per heavy atom. The van der Waals surface area contributed by atoms with Crippen LogP contribution in [0.15, 0.2) is 42.5 Å². The molecular formula is C16H15ClO3. The Bertz CT molecular complexity index is 598. The molecule has 1 atom stereocenters. The summed E-state index contributed by atoms with van der Waals surface area (Å²) in [6.07, 6.45) is 0.885. The Balaban J connectivity index is 1.71. The van der Waals surface area contributed by atoms with Crippen LogP contribution in [0.5, 0.6) is 11.5 Å². The zero-order valence-corrected chi connectivity index (χ0v) is 11.6. The number of ether oxygens (including phenoxy) is 2. The van der Waals surface area contributed by atoms with Gasteiger partial charge in [0.2, 0.25) is 6.79 Å². The summed E-state index contributed by atoms with van der Waals surface area (Å²) in [6, 6.07) is 13.6. The van der Waals surface area contributed by atoms with Crippen LogP contribution in [0.2, 0.25) is 5.02 Å². The molecule has 0 bridgehead atoms. The van der Waals surface area contributed by atoms with Crippen LogP contribution in [0.25, 0.3) is 0 Å². The van der Waals surface area contributed by atoms with E-state index in [-0.39, 0.29) is 6.79 Å². The molecule has 3 nitrogen and oxygen atoms in total. The SMILES string of the molecule is OC(CCc1ccccc1)c1cc(Cl)c2c(c1)OCO2. The summed E-state index contributed by atoms with van der Waals surface area (Å²) < 4.78 is 10.6. The van der Waals surface area contributed by atoms with Crippen LogP contribution < -0.4 is 9.47 Å². The molecule has 0 aromatic heterocycles. The van der Waals surface area contributed by atoms with E-state index in [0.29, 0.717) is 22.9 Å². The molecule has 2 aromatic carbocycles. The quantitative estimate of drug-likeness (QED) is 0.932. The van der Waals surface area contributed by atoms with Crippen molar-refractivity contribution in [1.82, 2.24) is 0 Å². The summed E-state index contributed by atoms with van der Waals surface area (Å²) in [7, 11) is 0. The topological polar surface area (TPSA) is 38.7 Å². The number of aliphatic hydroxyl groups excluding tert-OH is 1. The van der Waals surface area contributed by atoms with E-state index in [4.69, 9.17) is 21.1 Å². The standard InChI is InChI=1S/C16H15ClO3/c17-13-8-12(9-15-16(13)20-10-19-15)14(18)7-6-11-4-2-1-3-5-11/h1-5,8-9,14,18H,6-7,10H2. The maximum absolute atomic E-state index is 10.3. The first-order chi connectivity index (χ1) is 9.74. The molecule has 104 valence electrons. The summed E-state index contributed by atoms with van der Waals surface area (Å²) in [4.78, 5) is 0. The minimum Gasteiger partial charge on any atom is -0.454 e. The molecule has 1 N–H and O–H groups in total. The molecule has 4 heteroatoms. The van der Waals surface area contributed by atoms with Crippen LogP contribution in [-0.2, 0) is 6.42 Å². The molecule has 2 aromatic rings. The highest BCUT2D eigenvalue weighted by molar-refractivity contribution is 6.32. The molecule has 1 unspecified atom stereocenters. The van der Waals surface area contributed by atoms with Gasteiger partial charge in [0.1, 0.15) is 0 Å². The fourth-order valence-corrected chi connectivity index (χ4v) is 2.57. The molecule has 1 heterocycles. The molecule has 0 radical (unpaired) electrons. The smallest absolute Gasteiger partial charge is 0.231 e. The molecule has 20 heavy (non-hydrogen) atoms. The van der Waals surface area contributed by atoms with Gasteiger partial charge < -0.3 is 14.6 Å². The lowest BCUT2D eigenvalue weighted by Crippen LogP contribution is -2.00. The lowest BCUT2D eigenvalue weighted by molar-refractivity contribution is 0.165. The van der Waals surface area contributed by atoms with E-state index in [1.54, 1.807) is 12.1 Å². The van der Waals surface area contributed by atoms with Gasteiger partial charge in [0.25, 0.3) is 0 Å². The van der Waals surface area contributed by atoms with Crippen molar-refractivity contribution in [2.75, 3.05) is 6.79 Å². The van der Waals surface area contributed by atoms with E-state index in [0.717, 1.165) is 12.0 Å². The number of benzene rings is 2. The highest BCUT2D eigenvalue weighted by atomic mass is 35.5. The first kappa shape index (κ1) is 13.3. The van der Waals surface area contributed by atoms with Crippen LogP contribution in [-0.4, -0.2) is 11.9 Å². The highest BCUT2D eigenvalue weighted by Crippen LogP contribution is 2.41. The van der Waals surface area contributed by atoms with Gasteiger partial charge in [0, 0.05) is 0 Å². The number of hydrogen-bond donors (Lipinski definition) is 1. The average molecular weight is 291 g/mol. The van der Waals surface area contributed by atoms with Crippen LogP contribution in [0.1, 0.15) is 23.7 Å². The minimum atomic E-state index is -0.567. The predicted octanol–water partition coefficient (Wildman–Crippen LogP) is 3.73. The Morgan fingerprint density at radius 2 is 1.95 bits per heavy atom. The van der Waals surface area contributed by atoms with Crippen molar-refractivity contribution < 1.29 is 14.6 Å². The second-order valence-electron chi connectivity index (χ2n) is 4.78. The summed E-state index contributed by atoms with van der Waals surface area (Å²) in [5.74, 6) is 1.16. The molecule has 0 fully saturated rings. The summed E-state index contributed by atoms with van der Waals surface area (Å²) >= 11 is 6.12. The van der Waals surface area contributed by atoms with Crippen molar-refractivity contribution in [3.8, 4) is 11.5 Å². The molecule has 3 rings (SSSR count). The molecule has 0 spiro atoms. The number of fused-ring (bicyclic) bond motifs is 1. The maximum Gasteiger partial charge on any atom is 0.231 e. The fraction of sp³-hybridized carbons (Fsp3) is 0.250. The van der Waals surface area contributed by atoms with Gasteiger partial charge in [-0.25, -0.2) is 0 Å². The van der Waals surface area contributed by atoms with Crippen LogP contribution in [0.3, 0.4) is 0 Å². The number of rotatable bonds is 4. The van der Waals surface area contributed by atoms with Crippen molar-refractivity contribution in [3.63, 3.8) is 0 Å². The van der Waals surface area contributed by atoms with E-state index in [1.807, 2.05) is 18.2 Å². The van der Waals surface area contributed by atoms with E-state index in [9.17, 15) is 5.11 Å². The lowest BCUT2D eigenvalue weighted by atomic mass is 10.0. The number of hydrogen-bond acceptors (Lipinski definition) is 3. The highest BCUT2D eigenvalue weighted by Gasteiger charge is 2.20. The lowest BCUT2D eigenvalue weighted by Gasteiger charge is -2.12. The van der Waals surface area contributed by atoms with Gasteiger partial charge in [-0.05, 0) is 36.1 Å². The van der Waals surface area contributed by atoms with Gasteiger partial charge in [-0.2, -0.15) is 0 Å². The molecule has 1 aliphatic heterocycles. The average Bonchev–Trinajstić information content (AvgIpc) is 2.95. The van der Waals surface area contributed by atoms with Crippen LogP contribution in [0.4, 0.5) is 0 Å². The monoisotopic (exact) mass is 290 g/mol. The van der Waals surface area contributed by atoms with Crippen molar-refractivity contribution >= 4 is 11.6 Å². The van der Waals surface area contributed by atoms with Gasteiger partial charge in [0.05, 0.1) is 11.1 Å². The Kier molecular flexibility index (Phi) is 3.81. The van der Waals surface area contributed by atoms with Crippen molar-refractivity contribution in [3.05, 3.63) is 58.6 Å². The van der Waals surface area contributed by atoms with Crippen molar-refractivity contribution in [1.29, 1.82) is 0 Å². The number of aliphatic hydroxyl groups is 1. The van der Waals surface area contributed by atoms with E-state index >= 15 is 0 Å². The molecular weight excluding hydrogens is 276 g/mol. The van der Waals surface area contributed by atoms with Gasteiger partial charge in [0.15, 0.2) is 11.5 Å². The second kappa shape index (κ2) is 5.73. The molecule has 0 saturated heterocycles. The van der Waals surface area contributed by atoms with Crippen molar-refractivity contribution in [2.24, 2.45) is 0 Å². The molecule has 0 amide bonds. The Labute approximate surface area is 122 Å². The van der Waals surface area contributed by atoms with Gasteiger partial charge >= 0.3 is 0 Å². The normalized spacial score (nSPS) is 14.3. The first-order valence-electron chi connectivity index (χ1n) is 6.55. The largest absolute Gasteiger partial charge is 0.454 e. The molecule has 0 saturated carbocycles. The number of halogens is 1. The first-order valence-corrected chi connectivity index (χ1v) is 6.93. The molecule has 0 aliphatic carbocycles. The van der Waals surface area contributed by atoms with Crippen molar-refractivity contribution in [2.45, 2.75) is 18.9 Å². The van der Waals surface area contributed by atoms with Crippen LogP contribution >= 0.6 is 11.6 Å². The third-order valence-electron chi connectivity index (χ3n) is 3.38. The van der Waals surface area contributed by atoms with E-state index in [2.05, 4.69) is 12.1 Å². The zero-order chi connectivity index (χ0) is 13.9. The summed E-state index contributed by atoms with van der Waals surface area (Å²) in [5.41, 5.74) is 1.97. The minimum absolute atomic E-state index is 0.179. The maximum atomic E-state index is 10.3. The molecule has 1 aliphatic rings. The second-order valence-corrected chi connectivity index (χ2v) is 5.18. The predicted molar refractivity (Wildman–Crippen MR) is 77.3 cm³/mol. The van der Waals surface area contributed by atoms with Gasteiger partial charge in [-0.15, -0.1) is 0 Å². The van der Waals surface area contributed by atoms with Crippen LogP contribution in [0, 0.1) is 0 Å². The summed E-state index contributed by atoms with van der Waals surface area (Å²) in [5, 5.41) is 10.8. The van der Waals surface area contributed by atoms with Gasteiger partial charge in [-0.1, -0.05) is 41.9 Å². The summed E-state index contributed by atoms with van der Waals surface area (Å²) in [6.45, 7) is 0.179.